The number of nitrogens with zero attached hydrogens (tertiary/aromatic N) is 4. The summed E-state index contributed by atoms with van der Waals surface area (Å²) in [6.45, 7) is 9.23. The molecule has 0 aromatic heterocycles. The number of hydrogen-bond acceptors (Lipinski definition) is 5. The van der Waals surface area contributed by atoms with Gasteiger partial charge in [-0.2, -0.15) is 0 Å². The molecule has 6 nitrogen and oxygen atoms in total. The third kappa shape index (κ3) is 4.53. The Morgan fingerprint density at radius 3 is 2.42 bits per heavy atom. The molecule has 0 amide bonds. The van der Waals surface area contributed by atoms with Crippen molar-refractivity contribution in [1.82, 2.24) is 9.80 Å². The second-order valence-corrected chi connectivity index (χ2v) is 6.22. The summed E-state index contributed by atoms with van der Waals surface area (Å²) in [6, 6.07) is 7.13. The van der Waals surface area contributed by atoms with Gasteiger partial charge in [-0.25, -0.2) is 10.1 Å². The first-order chi connectivity index (χ1) is 11.4. The summed E-state index contributed by atoms with van der Waals surface area (Å²) in [5.41, 5.74) is 0.851. The van der Waals surface area contributed by atoms with Crippen molar-refractivity contribution < 1.29 is 10.2 Å². The van der Waals surface area contributed by atoms with E-state index in [1.54, 1.807) is 18.2 Å². The summed E-state index contributed by atoms with van der Waals surface area (Å²) in [4.78, 5) is 7.03. The van der Waals surface area contributed by atoms with Gasteiger partial charge in [0.25, 0.3) is 0 Å². The van der Waals surface area contributed by atoms with Crippen molar-refractivity contribution in [3.8, 4) is 6.07 Å². The molecule has 0 aliphatic carbocycles. The van der Waals surface area contributed by atoms with E-state index in [4.69, 9.17) is 40.0 Å². The van der Waals surface area contributed by atoms with E-state index in [9.17, 15) is 5.26 Å². The molecule has 1 aliphatic heterocycles. The van der Waals surface area contributed by atoms with Crippen LogP contribution in [0.2, 0.25) is 10.0 Å². The Labute approximate surface area is 150 Å². The van der Waals surface area contributed by atoms with Gasteiger partial charge in [0, 0.05) is 42.6 Å². The first-order valence-electron chi connectivity index (χ1n) is 7.27. The second-order valence-electron chi connectivity index (χ2n) is 5.35. The minimum Gasteiger partial charge on any atom is -0.368 e. The number of allylic oxidation sites excluding steroid dienone is 1. The summed E-state index contributed by atoms with van der Waals surface area (Å²) in [6.07, 6.45) is -1.29. The van der Waals surface area contributed by atoms with Crippen LogP contribution >= 0.6 is 23.2 Å². The molecule has 1 aliphatic rings. The maximum Gasteiger partial charge on any atom is 0.300 e. The normalized spacial score (nSPS) is 16.3. The van der Waals surface area contributed by atoms with Crippen LogP contribution in [0.4, 0.5) is 0 Å². The van der Waals surface area contributed by atoms with Gasteiger partial charge in [0.15, 0.2) is 6.29 Å². The predicted molar refractivity (Wildman–Crippen MR) is 90.5 cm³/mol. The lowest BCUT2D eigenvalue weighted by molar-refractivity contribution is -0.0485. The van der Waals surface area contributed by atoms with Gasteiger partial charge in [0.05, 0.1) is 12.6 Å². The van der Waals surface area contributed by atoms with Crippen molar-refractivity contribution in [2.24, 2.45) is 0 Å². The van der Waals surface area contributed by atoms with Crippen LogP contribution in [0.15, 0.2) is 29.7 Å². The van der Waals surface area contributed by atoms with Crippen molar-refractivity contribution >= 4 is 23.2 Å². The third-order valence-electron chi connectivity index (χ3n) is 3.62. The topological polar surface area (TPSA) is 75.1 Å². The number of aliphatic hydroxyl groups excluding tert-OH is 1. The van der Waals surface area contributed by atoms with Crippen LogP contribution in [0.5, 0.6) is 0 Å². The minimum atomic E-state index is -1.43. The third-order valence-corrected chi connectivity index (χ3v) is 4.06. The summed E-state index contributed by atoms with van der Waals surface area (Å²) < 4.78 is 0. The van der Waals surface area contributed by atoms with Crippen LogP contribution in [0.25, 0.3) is 4.85 Å². The van der Waals surface area contributed by atoms with E-state index in [1.807, 2.05) is 15.9 Å². The number of halogens is 2. The molecule has 2 N–H and O–H groups in total. The van der Waals surface area contributed by atoms with Crippen LogP contribution in [-0.4, -0.2) is 45.9 Å². The zero-order valence-electron chi connectivity index (χ0n) is 12.8. The second kappa shape index (κ2) is 8.23. The average Bonchev–Trinajstić information content (AvgIpc) is 2.88. The molecule has 1 saturated heterocycles. The lowest BCUT2D eigenvalue weighted by atomic mass is 10.2. The lowest BCUT2D eigenvalue weighted by Crippen LogP contribution is -2.27. The fourth-order valence-corrected chi connectivity index (χ4v) is 3.21. The molecule has 2 rings (SSSR count). The molecule has 0 spiro atoms. The van der Waals surface area contributed by atoms with Gasteiger partial charge in [-0.05, 0) is 23.8 Å². The van der Waals surface area contributed by atoms with E-state index < -0.39 is 6.29 Å². The fraction of sp³-hybridized carbons (Fsp3) is 0.375. The quantitative estimate of drug-likeness (QED) is 0.475. The predicted octanol–water partition coefficient (Wildman–Crippen LogP) is 2.42. The first kappa shape index (κ1) is 18.4. The zero-order chi connectivity index (χ0) is 17.7. The number of hydrogen-bond donors (Lipinski definition) is 2. The fourth-order valence-electron chi connectivity index (χ4n) is 2.64. The van der Waals surface area contributed by atoms with E-state index in [2.05, 4.69) is 4.85 Å². The van der Waals surface area contributed by atoms with Gasteiger partial charge in [-0.1, -0.05) is 23.2 Å². The number of rotatable bonds is 5. The van der Waals surface area contributed by atoms with Crippen LogP contribution in [0, 0.1) is 17.9 Å². The standard InChI is InChI=1S/C16H16Cl2N4O2/c1-20-14(9-19)16-21(3-2-15(23)24)4-5-22(16)10-11-6-12(17)8-13(18)7-11/h6-8,15,23-24H,2-5,10H2. The Kier molecular flexibility index (Phi) is 6.30. The highest BCUT2D eigenvalue weighted by Crippen LogP contribution is 2.27. The van der Waals surface area contributed by atoms with E-state index in [-0.39, 0.29) is 12.1 Å². The molecular weight excluding hydrogens is 351 g/mol. The van der Waals surface area contributed by atoms with Crippen molar-refractivity contribution in [2.45, 2.75) is 19.3 Å². The van der Waals surface area contributed by atoms with E-state index in [0.717, 1.165) is 5.56 Å². The van der Waals surface area contributed by atoms with Gasteiger partial charge in [-0.15, -0.1) is 0 Å². The van der Waals surface area contributed by atoms with Crippen molar-refractivity contribution in [1.29, 1.82) is 5.26 Å². The largest absolute Gasteiger partial charge is 0.368 e. The average molecular weight is 367 g/mol. The number of aliphatic hydroxyl groups is 2. The number of nitriles is 1. The van der Waals surface area contributed by atoms with Crippen LogP contribution < -0.4 is 0 Å². The van der Waals surface area contributed by atoms with Gasteiger partial charge in [-0.3, -0.25) is 0 Å². The van der Waals surface area contributed by atoms with Gasteiger partial charge < -0.3 is 20.0 Å². The smallest absolute Gasteiger partial charge is 0.300 e. The molecule has 126 valence electrons. The number of benzene rings is 1. The van der Waals surface area contributed by atoms with Crippen molar-refractivity contribution in [3.63, 3.8) is 0 Å². The highest BCUT2D eigenvalue weighted by molar-refractivity contribution is 6.34. The molecule has 8 heteroatoms. The molecule has 0 atom stereocenters. The zero-order valence-corrected chi connectivity index (χ0v) is 14.3. The van der Waals surface area contributed by atoms with Crippen LogP contribution in [0.1, 0.15) is 12.0 Å². The van der Waals surface area contributed by atoms with Gasteiger partial charge in [0.2, 0.25) is 0 Å². The van der Waals surface area contributed by atoms with Crippen molar-refractivity contribution in [3.05, 3.63) is 56.7 Å². The summed E-state index contributed by atoms with van der Waals surface area (Å²) >= 11 is 12.0. The lowest BCUT2D eigenvalue weighted by Gasteiger charge is -2.26. The molecule has 1 aromatic carbocycles. The summed E-state index contributed by atoms with van der Waals surface area (Å²) in [5, 5.41) is 28.4. The highest BCUT2D eigenvalue weighted by atomic mass is 35.5. The van der Waals surface area contributed by atoms with Crippen LogP contribution in [0.3, 0.4) is 0 Å². The Bertz CT molecular complexity index is 686. The molecule has 1 heterocycles. The summed E-state index contributed by atoms with van der Waals surface area (Å²) in [5.74, 6) is 0.504. The first-order valence-corrected chi connectivity index (χ1v) is 8.03. The van der Waals surface area contributed by atoms with Gasteiger partial charge >= 0.3 is 5.70 Å². The molecule has 0 radical (unpaired) electrons. The summed E-state index contributed by atoms with van der Waals surface area (Å²) in [7, 11) is 0. The van der Waals surface area contributed by atoms with Crippen LogP contribution in [-0.2, 0) is 6.54 Å². The molecule has 1 fully saturated rings. The Morgan fingerprint density at radius 1 is 1.25 bits per heavy atom. The molecule has 1 aromatic rings. The highest BCUT2D eigenvalue weighted by Gasteiger charge is 2.28. The Morgan fingerprint density at radius 2 is 1.88 bits per heavy atom. The molecular formula is C16H16Cl2N4O2. The molecule has 24 heavy (non-hydrogen) atoms. The maximum atomic E-state index is 9.24. The maximum absolute atomic E-state index is 9.24. The molecule has 0 bridgehead atoms. The van der Waals surface area contributed by atoms with Gasteiger partial charge in [0.1, 0.15) is 5.82 Å². The van der Waals surface area contributed by atoms with E-state index >= 15 is 0 Å². The Balaban J connectivity index is 2.27. The van der Waals surface area contributed by atoms with E-state index in [0.29, 0.717) is 42.0 Å². The Hall–Kier alpha value is -1.96. The molecule has 0 saturated carbocycles. The minimum absolute atomic E-state index is 0.0203. The molecule has 0 unspecified atom stereocenters. The van der Waals surface area contributed by atoms with E-state index in [1.165, 1.54) is 0 Å². The monoisotopic (exact) mass is 366 g/mol. The van der Waals surface area contributed by atoms with Crippen molar-refractivity contribution in [2.75, 3.05) is 19.6 Å². The SMILES string of the molecule is [C-]#[N+]C(C#N)=C1N(CCC(O)O)CCN1Cc1cc(Cl)cc(Cl)c1.